The number of carboxylic acids is 1. The quantitative estimate of drug-likeness (QED) is 0.738. The van der Waals surface area contributed by atoms with E-state index in [0.29, 0.717) is 0 Å². The van der Waals surface area contributed by atoms with Crippen molar-refractivity contribution in [2.24, 2.45) is 5.92 Å². The third kappa shape index (κ3) is 5.46. The molecular weight excluding hydrogens is 268 g/mol. The van der Waals surface area contributed by atoms with Gasteiger partial charge in [-0.2, -0.15) is 12.7 Å². The van der Waals surface area contributed by atoms with Gasteiger partial charge in [0, 0.05) is 26.1 Å². The molecule has 0 aromatic heterocycles. The minimum Gasteiger partial charge on any atom is -0.481 e. The summed E-state index contributed by atoms with van der Waals surface area (Å²) in [5.41, 5.74) is 0. The summed E-state index contributed by atoms with van der Waals surface area (Å²) in [5, 5.41) is 8.64. The molecule has 7 heteroatoms. The van der Waals surface area contributed by atoms with Gasteiger partial charge in [-0.25, -0.2) is 4.72 Å². The third-order valence-corrected chi connectivity index (χ3v) is 5.19. The highest BCUT2D eigenvalue weighted by Crippen LogP contribution is 2.23. The summed E-state index contributed by atoms with van der Waals surface area (Å²) < 4.78 is 28.1. The van der Waals surface area contributed by atoms with Gasteiger partial charge in [0.2, 0.25) is 0 Å². The minimum absolute atomic E-state index is 0.0321. The Morgan fingerprint density at radius 2 is 1.95 bits per heavy atom. The molecule has 1 saturated carbocycles. The van der Waals surface area contributed by atoms with E-state index in [4.69, 9.17) is 5.11 Å². The van der Waals surface area contributed by atoms with Crippen molar-refractivity contribution >= 4 is 16.2 Å². The molecular formula is C12H24N2O4S. The van der Waals surface area contributed by atoms with Crippen molar-refractivity contribution in [3.8, 4) is 0 Å². The molecule has 1 aliphatic rings. The number of rotatable bonds is 7. The average Bonchev–Trinajstić information content (AvgIpc) is 2.36. The van der Waals surface area contributed by atoms with Crippen molar-refractivity contribution in [2.75, 3.05) is 13.6 Å². The van der Waals surface area contributed by atoms with Crippen LogP contribution < -0.4 is 4.72 Å². The largest absolute Gasteiger partial charge is 0.481 e. The van der Waals surface area contributed by atoms with Crippen LogP contribution in [0.4, 0.5) is 0 Å². The Kier molecular flexibility index (Phi) is 6.22. The summed E-state index contributed by atoms with van der Waals surface area (Å²) in [5.74, 6) is -1.13. The third-order valence-electron chi connectivity index (χ3n) is 3.61. The first-order valence-corrected chi connectivity index (χ1v) is 8.21. The van der Waals surface area contributed by atoms with Crippen molar-refractivity contribution in [1.29, 1.82) is 0 Å². The van der Waals surface area contributed by atoms with E-state index in [1.165, 1.54) is 10.7 Å². The molecule has 1 atom stereocenters. The summed E-state index contributed by atoms with van der Waals surface area (Å²) >= 11 is 0. The molecule has 1 aliphatic carbocycles. The van der Waals surface area contributed by atoms with Gasteiger partial charge in [-0.3, -0.25) is 4.79 Å². The van der Waals surface area contributed by atoms with E-state index in [9.17, 15) is 13.2 Å². The normalized spacial score (nSPS) is 19.5. The van der Waals surface area contributed by atoms with Crippen LogP contribution in [0.1, 0.15) is 45.4 Å². The lowest BCUT2D eigenvalue weighted by atomic mass is 9.96. The van der Waals surface area contributed by atoms with Crippen LogP contribution in [-0.4, -0.2) is 43.4 Å². The van der Waals surface area contributed by atoms with Gasteiger partial charge in [0.25, 0.3) is 10.2 Å². The predicted octanol–water partition coefficient (Wildman–Crippen LogP) is 1.20. The van der Waals surface area contributed by atoms with Gasteiger partial charge in [0.15, 0.2) is 0 Å². The lowest BCUT2D eigenvalue weighted by molar-refractivity contribution is -0.137. The smallest absolute Gasteiger partial charge is 0.303 e. The maximum Gasteiger partial charge on any atom is 0.303 e. The number of aliphatic carboxylic acids is 1. The fourth-order valence-electron chi connectivity index (χ4n) is 2.36. The van der Waals surface area contributed by atoms with Gasteiger partial charge in [0.05, 0.1) is 0 Å². The zero-order chi connectivity index (χ0) is 14.5. The van der Waals surface area contributed by atoms with E-state index in [1.807, 2.05) is 0 Å². The number of nitrogens with zero attached hydrogens (tertiary/aromatic N) is 1. The maximum atomic E-state index is 12.1. The van der Waals surface area contributed by atoms with Crippen molar-refractivity contribution < 1.29 is 18.3 Å². The van der Waals surface area contributed by atoms with E-state index in [0.717, 1.165) is 25.7 Å². The highest BCUT2D eigenvalue weighted by atomic mass is 32.2. The predicted molar refractivity (Wildman–Crippen MR) is 73.0 cm³/mol. The molecule has 2 N–H and O–H groups in total. The topological polar surface area (TPSA) is 86.7 Å². The van der Waals surface area contributed by atoms with Gasteiger partial charge in [-0.05, 0) is 18.8 Å². The molecule has 112 valence electrons. The molecule has 0 heterocycles. The molecule has 0 amide bonds. The summed E-state index contributed by atoms with van der Waals surface area (Å²) in [7, 11) is -1.90. The van der Waals surface area contributed by atoms with Gasteiger partial charge in [-0.1, -0.05) is 26.2 Å². The standard InChI is InChI=1S/C12H24N2O4S/c1-10(8-12(15)16)9-13-19(17,18)14(2)11-6-4-3-5-7-11/h10-11,13H,3-9H2,1-2H3,(H,15,16). The monoisotopic (exact) mass is 292 g/mol. The summed E-state index contributed by atoms with van der Waals surface area (Å²) in [6.45, 7) is 1.88. The van der Waals surface area contributed by atoms with Crippen molar-refractivity contribution in [3.63, 3.8) is 0 Å². The van der Waals surface area contributed by atoms with Gasteiger partial charge in [0.1, 0.15) is 0 Å². The number of hydrogen-bond donors (Lipinski definition) is 2. The Labute approximate surface area is 115 Å². The molecule has 1 unspecified atom stereocenters. The second kappa shape index (κ2) is 7.21. The zero-order valence-electron chi connectivity index (χ0n) is 11.6. The van der Waals surface area contributed by atoms with Crippen LogP contribution in [0.3, 0.4) is 0 Å². The van der Waals surface area contributed by atoms with Crippen LogP contribution in [0.5, 0.6) is 0 Å². The van der Waals surface area contributed by atoms with Gasteiger partial charge in [-0.15, -0.1) is 0 Å². The maximum absolute atomic E-state index is 12.1. The lowest BCUT2D eigenvalue weighted by Gasteiger charge is -2.30. The molecule has 1 rings (SSSR count). The first-order chi connectivity index (χ1) is 8.83. The molecule has 0 aromatic carbocycles. The van der Waals surface area contributed by atoms with E-state index in [2.05, 4.69) is 4.72 Å². The SMILES string of the molecule is CC(CNS(=O)(=O)N(C)C1CCCCC1)CC(=O)O. The van der Waals surface area contributed by atoms with Crippen LogP contribution >= 0.6 is 0 Å². The second-order valence-electron chi connectivity index (χ2n) is 5.36. The Hall–Kier alpha value is -0.660. The van der Waals surface area contributed by atoms with Crippen molar-refractivity contribution in [2.45, 2.75) is 51.5 Å². The number of nitrogens with one attached hydrogen (secondary N) is 1. The highest BCUT2D eigenvalue weighted by Gasteiger charge is 2.27. The molecule has 19 heavy (non-hydrogen) atoms. The molecule has 0 bridgehead atoms. The Morgan fingerprint density at radius 3 is 2.47 bits per heavy atom. The van der Waals surface area contributed by atoms with E-state index >= 15 is 0 Å². The van der Waals surface area contributed by atoms with Crippen LogP contribution in [0.2, 0.25) is 0 Å². The first-order valence-electron chi connectivity index (χ1n) is 6.77. The lowest BCUT2D eigenvalue weighted by Crippen LogP contribution is -2.46. The molecule has 0 spiro atoms. The van der Waals surface area contributed by atoms with Crippen LogP contribution in [-0.2, 0) is 15.0 Å². The van der Waals surface area contributed by atoms with Crippen molar-refractivity contribution in [1.82, 2.24) is 9.03 Å². The highest BCUT2D eigenvalue weighted by molar-refractivity contribution is 7.87. The molecule has 0 radical (unpaired) electrons. The fourth-order valence-corrected chi connectivity index (χ4v) is 3.66. The van der Waals surface area contributed by atoms with E-state index < -0.39 is 16.2 Å². The van der Waals surface area contributed by atoms with Crippen molar-refractivity contribution in [3.05, 3.63) is 0 Å². The van der Waals surface area contributed by atoms with Gasteiger partial charge >= 0.3 is 5.97 Å². The fraction of sp³-hybridized carbons (Fsp3) is 0.917. The summed E-state index contributed by atoms with van der Waals surface area (Å²) in [4.78, 5) is 10.5. The molecule has 0 saturated heterocycles. The van der Waals surface area contributed by atoms with Crippen LogP contribution in [0.15, 0.2) is 0 Å². The summed E-state index contributed by atoms with van der Waals surface area (Å²) in [6, 6.07) is 0.0704. The molecule has 0 aliphatic heterocycles. The van der Waals surface area contributed by atoms with E-state index in [-0.39, 0.29) is 24.9 Å². The zero-order valence-corrected chi connectivity index (χ0v) is 12.4. The minimum atomic E-state index is -3.50. The van der Waals surface area contributed by atoms with E-state index in [1.54, 1.807) is 14.0 Å². The Balaban J connectivity index is 2.47. The molecule has 1 fully saturated rings. The number of hydrogen-bond acceptors (Lipinski definition) is 3. The number of carboxylic acid groups (broad SMARTS) is 1. The number of carbonyl (C=O) groups is 1. The second-order valence-corrected chi connectivity index (χ2v) is 7.18. The molecule has 0 aromatic rings. The summed E-state index contributed by atoms with van der Waals surface area (Å²) in [6.07, 6.45) is 5.09. The van der Waals surface area contributed by atoms with Crippen LogP contribution in [0, 0.1) is 5.92 Å². The van der Waals surface area contributed by atoms with Gasteiger partial charge < -0.3 is 5.11 Å². The van der Waals surface area contributed by atoms with Crippen LogP contribution in [0.25, 0.3) is 0 Å². The first kappa shape index (κ1) is 16.4. The average molecular weight is 292 g/mol. The molecule has 6 nitrogen and oxygen atoms in total. The Bertz CT molecular complexity index is 391. The Morgan fingerprint density at radius 1 is 1.37 bits per heavy atom.